The van der Waals surface area contributed by atoms with Gasteiger partial charge in [0.25, 0.3) is 0 Å². The van der Waals surface area contributed by atoms with Crippen LogP contribution in [0.5, 0.6) is 0 Å². The summed E-state index contributed by atoms with van der Waals surface area (Å²) in [6, 6.07) is 8.07. The summed E-state index contributed by atoms with van der Waals surface area (Å²) in [6.45, 7) is 4.00. The van der Waals surface area contributed by atoms with Crippen molar-refractivity contribution in [2.45, 2.75) is 32.9 Å². The van der Waals surface area contributed by atoms with E-state index >= 15 is 0 Å². The molecule has 0 bridgehead atoms. The van der Waals surface area contributed by atoms with E-state index in [1.165, 1.54) is 5.56 Å². The van der Waals surface area contributed by atoms with Gasteiger partial charge >= 0.3 is 0 Å². The number of fused-ring (bicyclic) bond motifs is 1. The first kappa shape index (κ1) is 12.9. The summed E-state index contributed by atoms with van der Waals surface area (Å²) in [5.74, 6) is 0.745. The summed E-state index contributed by atoms with van der Waals surface area (Å²) in [5.41, 5.74) is 9.46. The Morgan fingerprint density at radius 3 is 2.95 bits per heavy atom. The molecule has 1 unspecified atom stereocenters. The highest BCUT2D eigenvalue weighted by Gasteiger charge is 2.29. The van der Waals surface area contributed by atoms with Gasteiger partial charge in [0.1, 0.15) is 5.69 Å². The van der Waals surface area contributed by atoms with Crippen LogP contribution in [0.1, 0.15) is 25.2 Å². The molecular formula is C15H17N3O2. The van der Waals surface area contributed by atoms with Crippen LogP contribution in [0.15, 0.2) is 28.8 Å². The third kappa shape index (κ3) is 2.00. The van der Waals surface area contributed by atoms with E-state index in [1.807, 2.05) is 23.1 Å². The van der Waals surface area contributed by atoms with E-state index in [2.05, 4.69) is 18.1 Å². The van der Waals surface area contributed by atoms with Gasteiger partial charge in [-0.1, -0.05) is 11.2 Å². The van der Waals surface area contributed by atoms with Crippen LogP contribution in [0.3, 0.4) is 0 Å². The predicted molar refractivity (Wildman–Crippen MR) is 76.2 cm³/mol. The van der Waals surface area contributed by atoms with E-state index in [0.29, 0.717) is 12.3 Å². The lowest BCUT2D eigenvalue weighted by Gasteiger charge is -2.20. The topological polar surface area (TPSA) is 72.4 Å². The van der Waals surface area contributed by atoms with Crippen molar-refractivity contribution in [3.8, 4) is 11.3 Å². The summed E-state index contributed by atoms with van der Waals surface area (Å²) in [4.78, 5) is 13.5. The Bertz CT molecular complexity index is 663. The Balaban J connectivity index is 1.99. The Kier molecular flexibility index (Phi) is 3.06. The van der Waals surface area contributed by atoms with Crippen LogP contribution in [-0.4, -0.2) is 17.1 Å². The maximum Gasteiger partial charge on any atom is 0.224 e. The van der Waals surface area contributed by atoms with Crippen molar-refractivity contribution in [2.24, 2.45) is 5.73 Å². The van der Waals surface area contributed by atoms with Crippen LogP contribution in [0, 0.1) is 0 Å². The van der Waals surface area contributed by atoms with E-state index < -0.39 is 0 Å². The van der Waals surface area contributed by atoms with Gasteiger partial charge in [-0.2, -0.15) is 0 Å². The second-order valence-corrected chi connectivity index (χ2v) is 5.17. The standard InChI is InChI=1S/C15H17N3O2/c1-9-5-12-6-11(14-7-13(8-16)20-17-14)3-4-15(12)18(9)10(2)19/h3-4,6-7,9H,5,8,16H2,1-2H3. The molecule has 2 aromatic rings. The summed E-state index contributed by atoms with van der Waals surface area (Å²) in [5, 5.41) is 4.02. The van der Waals surface area contributed by atoms with Gasteiger partial charge in [-0.3, -0.25) is 4.79 Å². The molecule has 1 aromatic heterocycles. The van der Waals surface area contributed by atoms with Crippen LogP contribution in [0.2, 0.25) is 0 Å². The summed E-state index contributed by atoms with van der Waals surface area (Å²) in [6.07, 6.45) is 0.865. The van der Waals surface area contributed by atoms with Crippen molar-refractivity contribution in [2.75, 3.05) is 4.90 Å². The SMILES string of the molecule is CC(=O)N1c2ccc(-c3cc(CN)on3)cc2CC1C. The van der Waals surface area contributed by atoms with Crippen molar-refractivity contribution >= 4 is 11.6 Å². The van der Waals surface area contributed by atoms with Crippen molar-refractivity contribution in [3.63, 3.8) is 0 Å². The maximum absolute atomic E-state index is 11.7. The Morgan fingerprint density at radius 2 is 2.30 bits per heavy atom. The molecule has 1 aliphatic heterocycles. The number of rotatable bonds is 2. The fourth-order valence-electron chi connectivity index (χ4n) is 2.82. The molecule has 1 amide bonds. The molecule has 0 spiro atoms. The average Bonchev–Trinajstić information content (AvgIpc) is 3.00. The molecule has 5 nitrogen and oxygen atoms in total. The first-order chi connectivity index (χ1) is 9.60. The van der Waals surface area contributed by atoms with Crippen LogP contribution in [0.25, 0.3) is 11.3 Å². The van der Waals surface area contributed by atoms with E-state index in [9.17, 15) is 4.79 Å². The summed E-state index contributed by atoms with van der Waals surface area (Å²) in [7, 11) is 0. The van der Waals surface area contributed by atoms with Gasteiger partial charge in [0, 0.05) is 30.3 Å². The third-order valence-corrected chi connectivity index (χ3v) is 3.69. The number of nitrogens with two attached hydrogens (primary N) is 1. The van der Waals surface area contributed by atoms with Crippen molar-refractivity contribution in [1.82, 2.24) is 5.16 Å². The van der Waals surface area contributed by atoms with Crippen molar-refractivity contribution < 1.29 is 9.32 Å². The number of carbonyl (C=O) groups excluding carboxylic acids is 1. The fraction of sp³-hybridized carbons (Fsp3) is 0.333. The van der Waals surface area contributed by atoms with Crippen LogP contribution >= 0.6 is 0 Å². The van der Waals surface area contributed by atoms with E-state index in [1.54, 1.807) is 6.92 Å². The predicted octanol–water partition coefficient (Wildman–Crippen LogP) is 2.10. The molecule has 1 aromatic carbocycles. The number of aromatic nitrogens is 1. The van der Waals surface area contributed by atoms with Crippen LogP contribution < -0.4 is 10.6 Å². The first-order valence-electron chi connectivity index (χ1n) is 6.69. The minimum absolute atomic E-state index is 0.0795. The Labute approximate surface area is 117 Å². The molecule has 104 valence electrons. The number of benzene rings is 1. The molecule has 0 saturated heterocycles. The molecule has 20 heavy (non-hydrogen) atoms. The molecule has 5 heteroatoms. The van der Waals surface area contributed by atoms with Crippen molar-refractivity contribution in [1.29, 1.82) is 0 Å². The van der Waals surface area contributed by atoms with E-state index in [0.717, 1.165) is 23.4 Å². The fourth-order valence-corrected chi connectivity index (χ4v) is 2.82. The number of hydrogen-bond acceptors (Lipinski definition) is 4. The zero-order valence-electron chi connectivity index (χ0n) is 11.6. The zero-order valence-corrected chi connectivity index (χ0v) is 11.6. The first-order valence-corrected chi connectivity index (χ1v) is 6.69. The lowest BCUT2D eigenvalue weighted by molar-refractivity contribution is -0.116. The highest BCUT2D eigenvalue weighted by atomic mass is 16.5. The number of carbonyl (C=O) groups is 1. The number of amides is 1. The normalized spacial score (nSPS) is 17.4. The number of nitrogens with zero attached hydrogens (tertiary/aromatic N) is 2. The number of hydrogen-bond donors (Lipinski definition) is 1. The monoisotopic (exact) mass is 271 g/mol. The molecule has 0 aliphatic carbocycles. The molecule has 1 atom stereocenters. The zero-order chi connectivity index (χ0) is 14.3. The molecule has 2 N–H and O–H groups in total. The van der Waals surface area contributed by atoms with Crippen LogP contribution in [-0.2, 0) is 17.8 Å². The molecule has 2 heterocycles. The van der Waals surface area contributed by atoms with Gasteiger partial charge < -0.3 is 15.2 Å². The molecule has 0 radical (unpaired) electrons. The largest absolute Gasteiger partial charge is 0.359 e. The summed E-state index contributed by atoms with van der Waals surface area (Å²) >= 11 is 0. The smallest absolute Gasteiger partial charge is 0.224 e. The Hall–Kier alpha value is -2.14. The molecule has 1 aliphatic rings. The minimum atomic E-state index is 0.0795. The van der Waals surface area contributed by atoms with Gasteiger partial charge in [-0.05, 0) is 31.0 Å². The molecular weight excluding hydrogens is 254 g/mol. The van der Waals surface area contributed by atoms with Gasteiger partial charge in [-0.25, -0.2) is 0 Å². The summed E-state index contributed by atoms with van der Waals surface area (Å²) < 4.78 is 5.13. The average molecular weight is 271 g/mol. The molecule has 3 rings (SSSR count). The lowest BCUT2D eigenvalue weighted by Crippen LogP contribution is -2.33. The Morgan fingerprint density at radius 1 is 1.50 bits per heavy atom. The second kappa shape index (κ2) is 4.76. The van der Waals surface area contributed by atoms with E-state index in [-0.39, 0.29) is 11.9 Å². The van der Waals surface area contributed by atoms with Crippen molar-refractivity contribution in [3.05, 3.63) is 35.6 Å². The second-order valence-electron chi connectivity index (χ2n) is 5.17. The third-order valence-electron chi connectivity index (χ3n) is 3.69. The van der Waals surface area contributed by atoms with Gasteiger partial charge in [0.2, 0.25) is 5.91 Å². The highest BCUT2D eigenvalue weighted by molar-refractivity contribution is 5.95. The molecule has 0 fully saturated rings. The maximum atomic E-state index is 11.7. The minimum Gasteiger partial charge on any atom is -0.359 e. The van der Waals surface area contributed by atoms with Crippen LogP contribution in [0.4, 0.5) is 5.69 Å². The lowest BCUT2D eigenvalue weighted by atomic mass is 10.0. The van der Waals surface area contributed by atoms with E-state index in [4.69, 9.17) is 10.3 Å². The van der Waals surface area contributed by atoms with Gasteiger partial charge in [-0.15, -0.1) is 0 Å². The quantitative estimate of drug-likeness (QED) is 0.907. The number of anilines is 1. The molecule has 0 saturated carbocycles. The van der Waals surface area contributed by atoms with Gasteiger partial charge in [0.15, 0.2) is 5.76 Å². The van der Waals surface area contributed by atoms with Gasteiger partial charge in [0.05, 0.1) is 6.54 Å². The highest BCUT2D eigenvalue weighted by Crippen LogP contribution is 2.35.